The Morgan fingerprint density at radius 3 is 2.13 bits per heavy atom. The quantitative estimate of drug-likeness (QED) is 0.737. The van der Waals surface area contributed by atoms with E-state index in [2.05, 4.69) is 16.0 Å². The van der Waals surface area contributed by atoms with E-state index in [9.17, 15) is 9.59 Å². The van der Waals surface area contributed by atoms with Gasteiger partial charge in [0.1, 0.15) is 0 Å². The van der Waals surface area contributed by atoms with Crippen LogP contribution in [-0.4, -0.2) is 11.9 Å². The van der Waals surface area contributed by atoms with Gasteiger partial charge >= 0.3 is 6.03 Å². The lowest BCUT2D eigenvalue weighted by Crippen LogP contribution is -2.19. The molecule has 3 N–H and O–H groups in total. The fourth-order valence-corrected chi connectivity index (χ4v) is 2.05. The molecular formula is C18H21N3O2. The molecule has 5 nitrogen and oxygen atoms in total. The molecule has 2 rings (SSSR count). The third kappa shape index (κ3) is 5.82. The number of hydrogen-bond acceptors (Lipinski definition) is 2. The predicted octanol–water partition coefficient (Wildman–Crippen LogP) is 4.46. The topological polar surface area (TPSA) is 70.2 Å². The van der Waals surface area contributed by atoms with E-state index in [1.807, 2.05) is 37.3 Å². The number of amides is 3. The predicted molar refractivity (Wildman–Crippen MR) is 93.7 cm³/mol. The smallest absolute Gasteiger partial charge is 0.323 e. The van der Waals surface area contributed by atoms with E-state index in [4.69, 9.17) is 0 Å². The van der Waals surface area contributed by atoms with Crippen molar-refractivity contribution < 1.29 is 9.59 Å². The van der Waals surface area contributed by atoms with E-state index >= 15 is 0 Å². The second-order valence-corrected chi connectivity index (χ2v) is 5.18. The van der Waals surface area contributed by atoms with Crippen LogP contribution in [0.5, 0.6) is 0 Å². The summed E-state index contributed by atoms with van der Waals surface area (Å²) in [6.07, 6.45) is 2.35. The molecular weight excluding hydrogens is 290 g/mol. The van der Waals surface area contributed by atoms with Crippen molar-refractivity contribution in [2.75, 3.05) is 16.0 Å². The van der Waals surface area contributed by atoms with Gasteiger partial charge in [-0.05, 0) is 36.8 Å². The fraction of sp³-hybridized carbons (Fsp3) is 0.222. The van der Waals surface area contributed by atoms with Gasteiger partial charge in [0, 0.05) is 23.5 Å². The third-order valence-corrected chi connectivity index (χ3v) is 3.19. The van der Waals surface area contributed by atoms with Crippen LogP contribution in [0.2, 0.25) is 0 Å². The van der Waals surface area contributed by atoms with Crippen molar-refractivity contribution in [1.82, 2.24) is 0 Å². The first-order valence-electron chi connectivity index (χ1n) is 7.70. The molecule has 0 fully saturated rings. The summed E-state index contributed by atoms with van der Waals surface area (Å²) in [5.74, 6) is -0.0160. The fourth-order valence-electron chi connectivity index (χ4n) is 2.05. The minimum Gasteiger partial charge on any atom is -0.326 e. The first-order valence-corrected chi connectivity index (χ1v) is 7.70. The summed E-state index contributed by atoms with van der Waals surface area (Å²) in [4.78, 5) is 23.7. The first kappa shape index (κ1) is 16.5. The molecule has 0 atom stereocenters. The molecule has 2 aromatic rings. The minimum absolute atomic E-state index is 0.0160. The maximum Gasteiger partial charge on any atom is 0.323 e. The van der Waals surface area contributed by atoms with Gasteiger partial charge in [-0.25, -0.2) is 4.79 Å². The van der Waals surface area contributed by atoms with Crippen LogP contribution in [0.4, 0.5) is 21.9 Å². The summed E-state index contributed by atoms with van der Waals surface area (Å²) in [7, 11) is 0. The number of anilines is 3. The number of nitrogens with one attached hydrogen (secondary N) is 3. The van der Waals surface area contributed by atoms with Gasteiger partial charge in [0.2, 0.25) is 5.91 Å². The SMILES string of the molecule is CCCCC(=O)Nc1cccc(NC(=O)Nc2ccccc2)c1. The number of carbonyl (C=O) groups excluding carboxylic acids is 2. The van der Waals surface area contributed by atoms with Crippen LogP contribution >= 0.6 is 0 Å². The number of unbranched alkanes of at least 4 members (excludes halogenated alkanes) is 1. The summed E-state index contributed by atoms with van der Waals surface area (Å²) < 4.78 is 0. The van der Waals surface area contributed by atoms with Crippen LogP contribution in [0.15, 0.2) is 54.6 Å². The molecule has 0 heterocycles. The van der Waals surface area contributed by atoms with E-state index in [0.717, 1.165) is 12.8 Å². The van der Waals surface area contributed by atoms with Gasteiger partial charge in [-0.2, -0.15) is 0 Å². The second kappa shape index (κ2) is 8.58. The Morgan fingerprint density at radius 2 is 1.43 bits per heavy atom. The molecule has 0 aliphatic carbocycles. The van der Waals surface area contributed by atoms with Gasteiger partial charge in [0.05, 0.1) is 0 Å². The van der Waals surface area contributed by atoms with Crippen molar-refractivity contribution in [1.29, 1.82) is 0 Å². The van der Waals surface area contributed by atoms with Gasteiger partial charge in [0.15, 0.2) is 0 Å². The van der Waals surface area contributed by atoms with Crippen LogP contribution < -0.4 is 16.0 Å². The standard InChI is InChI=1S/C18H21N3O2/c1-2-3-12-17(22)19-15-10-7-11-16(13-15)21-18(23)20-14-8-5-4-6-9-14/h4-11,13H,2-3,12H2,1H3,(H,19,22)(H2,20,21,23). The molecule has 0 aliphatic rings. The summed E-state index contributed by atoms with van der Waals surface area (Å²) in [6, 6.07) is 16.0. The lowest BCUT2D eigenvalue weighted by atomic mass is 10.2. The summed E-state index contributed by atoms with van der Waals surface area (Å²) in [5, 5.41) is 8.32. The van der Waals surface area contributed by atoms with Crippen molar-refractivity contribution in [2.45, 2.75) is 26.2 Å². The zero-order valence-corrected chi connectivity index (χ0v) is 13.1. The largest absolute Gasteiger partial charge is 0.326 e. The van der Waals surface area contributed by atoms with Gasteiger partial charge in [-0.3, -0.25) is 4.79 Å². The Balaban J connectivity index is 1.91. The maximum atomic E-state index is 11.9. The minimum atomic E-state index is -0.328. The lowest BCUT2D eigenvalue weighted by molar-refractivity contribution is -0.116. The highest BCUT2D eigenvalue weighted by Crippen LogP contribution is 2.16. The average Bonchev–Trinajstić information content (AvgIpc) is 2.54. The van der Waals surface area contributed by atoms with Crippen molar-refractivity contribution >= 4 is 29.0 Å². The van der Waals surface area contributed by atoms with Crippen LogP contribution in [-0.2, 0) is 4.79 Å². The van der Waals surface area contributed by atoms with Crippen molar-refractivity contribution in [3.8, 4) is 0 Å². The molecule has 0 spiro atoms. The monoisotopic (exact) mass is 311 g/mol. The molecule has 0 saturated heterocycles. The molecule has 0 aliphatic heterocycles. The van der Waals surface area contributed by atoms with Crippen molar-refractivity contribution in [3.05, 3.63) is 54.6 Å². The molecule has 0 bridgehead atoms. The Bertz CT molecular complexity index is 656. The molecule has 23 heavy (non-hydrogen) atoms. The van der Waals surface area contributed by atoms with Crippen molar-refractivity contribution in [2.24, 2.45) is 0 Å². The average molecular weight is 311 g/mol. The van der Waals surface area contributed by atoms with Crippen LogP contribution in [0, 0.1) is 0 Å². The van der Waals surface area contributed by atoms with Gasteiger partial charge in [0.25, 0.3) is 0 Å². The highest BCUT2D eigenvalue weighted by molar-refractivity contribution is 6.00. The highest BCUT2D eigenvalue weighted by atomic mass is 16.2. The van der Waals surface area contributed by atoms with Crippen LogP contribution in [0.3, 0.4) is 0 Å². The molecule has 5 heteroatoms. The van der Waals surface area contributed by atoms with Crippen LogP contribution in [0.25, 0.3) is 0 Å². The van der Waals surface area contributed by atoms with E-state index in [1.54, 1.807) is 24.3 Å². The molecule has 0 radical (unpaired) electrons. The molecule has 0 saturated carbocycles. The third-order valence-electron chi connectivity index (χ3n) is 3.19. The van der Waals surface area contributed by atoms with Gasteiger partial charge in [-0.15, -0.1) is 0 Å². The number of hydrogen-bond donors (Lipinski definition) is 3. The molecule has 0 unspecified atom stereocenters. The van der Waals surface area contributed by atoms with E-state index in [0.29, 0.717) is 23.5 Å². The van der Waals surface area contributed by atoms with E-state index < -0.39 is 0 Å². The molecule has 0 aromatic heterocycles. The Morgan fingerprint density at radius 1 is 0.826 bits per heavy atom. The molecule has 120 valence electrons. The lowest BCUT2D eigenvalue weighted by Gasteiger charge is -2.10. The molecule has 3 amide bonds. The number of urea groups is 1. The maximum absolute atomic E-state index is 11.9. The molecule has 2 aromatic carbocycles. The number of carbonyl (C=O) groups is 2. The number of benzene rings is 2. The number of rotatable bonds is 6. The van der Waals surface area contributed by atoms with Gasteiger partial charge < -0.3 is 16.0 Å². The Labute approximate surface area is 136 Å². The Kier molecular flexibility index (Phi) is 6.17. The summed E-state index contributed by atoms with van der Waals surface area (Å²) in [6.45, 7) is 2.04. The zero-order chi connectivity index (χ0) is 16.5. The van der Waals surface area contributed by atoms with Gasteiger partial charge in [-0.1, -0.05) is 37.6 Å². The van der Waals surface area contributed by atoms with Crippen molar-refractivity contribution in [3.63, 3.8) is 0 Å². The summed E-state index contributed by atoms with van der Waals surface area (Å²) >= 11 is 0. The van der Waals surface area contributed by atoms with E-state index in [-0.39, 0.29) is 11.9 Å². The summed E-state index contributed by atoms with van der Waals surface area (Å²) in [5.41, 5.74) is 2.00. The highest BCUT2D eigenvalue weighted by Gasteiger charge is 2.05. The normalized spacial score (nSPS) is 9.96. The second-order valence-electron chi connectivity index (χ2n) is 5.18. The Hall–Kier alpha value is -2.82. The number of para-hydroxylation sites is 1. The first-order chi connectivity index (χ1) is 11.2. The van der Waals surface area contributed by atoms with E-state index in [1.165, 1.54) is 0 Å². The zero-order valence-electron chi connectivity index (χ0n) is 13.1. The van der Waals surface area contributed by atoms with Crippen LogP contribution in [0.1, 0.15) is 26.2 Å².